The molecule has 1 aliphatic heterocycles. The number of aromatic nitrogens is 1. The monoisotopic (exact) mass is 474 g/mol. The molecule has 7 heteroatoms. The van der Waals surface area contributed by atoms with Gasteiger partial charge in [0.05, 0.1) is 0 Å². The van der Waals surface area contributed by atoms with E-state index in [-0.39, 0.29) is 30.1 Å². The van der Waals surface area contributed by atoms with Crippen molar-refractivity contribution >= 4 is 28.6 Å². The number of amides is 3. The fourth-order valence-corrected chi connectivity index (χ4v) is 4.67. The molecular weight excluding hydrogens is 440 g/mol. The zero-order valence-electron chi connectivity index (χ0n) is 20.1. The minimum atomic E-state index is -0.194. The molecule has 1 aromatic heterocycles. The molecule has 3 amide bonds. The Labute approximate surface area is 206 Å². The molecule has 0 saturated carbocycles. The van der Waals surface area contributed by atoms with E-state index in [1.165, 1.54) is 0 Å². The van der Waals surface area contributed by atoms with Crippen LogP contribution >= 0.6 is 0 Å². The van der Waals surface area contributed by atoms with E-state index in [9.17, 15) is 14.4 Å². The molecule has 4 rings (SSSR count). The van der Waals surface area contributed by atoms with E-state index >= 15 is 0 Å². The van der Waals surface area contributed by atoms with Crippen molar-refractivity contribution in [2.24, 2.45) is 5.92 Å². The summed E-state index contributed by atoms with van der Waals surface area (Å²) in [6.07, 6.45) is 5.31. The Bertz CT molecular complexity index is 1140. The number of hydrogen-bond donors (Lipinski definition) is 3. The topological polar surface area (TPSA) is 94.3 Å². The van der Waals surface area contributed by atoms with Crippen LogP contribution in [0.25, 0.3) is 10.9 Å². The molecule has 2 aromatic carbocycles. The predicted molar refractivity (Wildman–Crippen MR) is 136 cm³/mol. The molecule has 2 heterocycles. The lowest BCUT2D eigenvalue weighted by Crippen LogP contribution is -2.35. The van der Waals surface area contributed by atoms with Crippen molar-refractivity contribution < 1.29 is 14.4 Å². The van der Waals surface area contributed by atoms with Gasteiger partial charge < -0.3 is 20.5 Å². The Morgan fingerprint density at radius 2 is 1.80 bits per heavy atom. The van der Waals surface area contributed by atoms with E-state index < -0.39 is 0 Å². The maximum absolute atomic E-state index is 13.1. The smallest absolute Gasteiger partial charge is 0.223 e. The van der Waals surface area contributed by atoms with Gasteiger partial charge in [0, 0.05) is 62.0 Å². The molecule has 1 unspecified atom stereocenters. The SMILES string of the molecule is O=C1CCN(C(=O)CCc2c[nH]c3ccccc23)CCCC(C(=O)NCc2ccccc2)CCN1. The van der Waals surface area contributed by atoms with Crippen LogP contribution < -0.4 is 10.6 Å². The largest absolute Gasteiger partial charge is 0.361 e. The number of H-pyrrole nitrogens is 1. The molecule has 7 nitrogen and oxygen atoms in total. The highest BCUT2D eigenvalue weighted by molar-refractivity contribution is 5.84. The van der Waals surface area contributed by atoms with Crippen molar-refractivity contribution in [3.05, 3.63) is 71.9 Å². The lowest BCUT2D eigenvalue weighted by molar-refractivity contribution is -0.132. The molecule has 0 bridgehead atoms. The highest BCUT2D eigenvalue weighted by Crippen LogP contribution is 2.20. The predicted octanol–water partition coefficient (Wildman–Crippen LogP) is 3.55. The minimum Gasteiger partial charge on any atom is -0.361 e. The molecule has 35 heavy (non-hydrogen) atoms. The average Bonchev–Trinajstić information content (AvgIpc) is 3.28. The van der Waals surface area contributed by atoms with E-state index in [1.54, 1.807) is 4.90 Å². The number of nitrogens with one attached hydrogen (secondary N) is 3. The van der Waals surface area contributed by atoms with Gasteiger partial charge in [0.15, 0.2) is 0 Å². The second kappa shape index (κ2) is 12.2. The van der Waals surface area contributed by atoms with Crippen molar-refractivity contribution in [1.82, 2.24) is 20.5 Å². The fraction of sp³-hybridized carbons (Fsp3) is 0.393. The van der Waals surface area contributed by atoms with Gasteiger partial charge in [-0.3, -0.25) is 14.4 Å². The van der Waals surface area contributed by atoms with Crippen molar-refractivity contribution in [3.63, 3.8) is 0 Å². The number of hydrogen-bond acceptors (Lipinski definition) is 3. The number of aryl methyl sites for hydroxylation is 1. The van der Waals surface area contributed by atoms with Crippen molar-refractivity contribution in [3.8, 4) is 0 Å². The Hall–Kier alpha value is -3.61. The van der Waals surface area contributed by atoms with Gasteiger partial charge >= 0.3 is 0 Å². The second-order valence-electron chi connectivity index (χ2n) is 9.17. The normalized spacial score (nSPS) is 17.4. The summed E-state index contributed by atoms with van der Waals surface area (Å²) in [6.45, 7) is 1.92. The van der Waals surface area contributed by atoms with Crippen LogP contribution in [0.15, 0.2) is 60.8 Å². The zero-order valence-corrected chi connectivity index (χ0v) is 20.1. The third-order valence-corrected chi connectivity index (χ3v) is 6.72. The first kappa shape index (κ1) is 24.5. The summed E-state index contributed by atoms with van der Waals surface area (Å²) in [5.41, 5.74) is 3.25. The standard InChI is InChI=1S/C28H34N4O3/c33-26-15-18-32(27(34)13-12-23-20-30-25-11-5-4-10-24(23)25)17-6-9-22(14-16-29-26)28(35)31-19-21-7-2-1-3-8-21/h1-5,7-8,10-11,20,22,30H,6,9,12-19H2,(H,29,33)(H,31,35). The third-order valence-electron chi connectivity index (χ3n) is 6.72. The quantitative estimate of drug-likeness (QED) is 0.510. The highest BCUT2D eigenvalue weighted by atomic mass is 16.2. The average molecular weight is 475 g/mol. The number of carbonyl (C=O) groups is 3. The summed E-state index contributed by atoms with van der Waals surface area (Å²) in [5.74, 6) is -0.225. The molecule has 0 radical (unpaired) electrons. The molecule has 0 spiro atoms. The van der Waals surface area contributed by atoms with Crippen LogP contribution in [0.4, 0.5) is 0 Å². The molecular formula is C28H34N4O3. The maximum Gasteiger partial charge on any atom is 0.223 e. The summed E-state index contributed by atoms with van der Waals surface area (Å²) in [4.78, 5) is 43.3. The number of fused-ring (bicyclic) bond motifs is 1. The van der Waals surface area contributed by atoms with Crippen LogP contribution in [0.2, 0.25) is 0 Å². The van der Waals surface area contributed by atoms with Gasteiger partial charge in [-0.05, 0) is 42.9 Å². The van der Waals surface area contributed by atoms with Gasteiger partial charge in [-0.2, -0.15) is 0 Å². The molecule has 184 valence electrons. The number of rotatable bonds is 6. The Morgan fingerprint density at radius 1 is 1.00 bits per heavy atom. The third kappa shape index (κ3) is 6.94. The van der Waals surface area contributed by atoms with Crippen LogP contribution in [0.5, 0.6) is 0 Å². The highest BCUT2D eigenvalue weighted by Gasteiger charge is 2.22. The van der Waals surface area contributed by atoms with Crippen LogP contribution in [0, 0.1) is 5.92 Å². The van der Waals surface area contributed by atoms with Crippen molar-refractivity contribution in [2.45, 2.75) is 45.1 Å². The Morgan fingerprint density at radius 3 is 2.66 bits per heavy atom. The number of benzene rings is 2. The number of carbonyl (C=O) groups excluding carboxylic acids is 3. The van der Waals surface area contributed by atoms with E-state index in [0.717, 1.165) is 28.5 Å². The Kier molecular flexibility index (Phi) is 8.54. The Balaban J connectivity index is 1.32. The maximum atomic E-state index is 13.1. The number of nitrogens with zero attached hydrogens (tertiary/aromatic N) is 1. The molecule has 1 fully saturated rings. The van der Waals surface area contributed by atoms with E-state index in [4.69, 9.17) is 0 Å². The van der Waals surface area contributed by atoms with E-state index in [2.05, 4.69) is 21.7 Å². The molecule has 3 aromatic rings. The molecule has 1 aliphatic rings. The summed E-state index contributed by atoms with van der Waals surface area (Å²) < 4.78 is 0. The van der Waals surface area contributed by atoms with Crippen LogP contribution in [0.1, 0.15) is 43.2 Å². The number of para-hydroxylation sites is 1. The molecule has 1 saturated heterocycles. The summed E-state index contributed by atoms with van der Waals surface area (Å²) in [6, 6.07) is 17.9. The van der Waals surface area contributed by atoms with Crippen LogP contribution in [0.3, 0.4) is 0 Å². The lowest BCUT2D eigenvalue weighted by atomic mass is 9.97. The summed E-state index contributed by atoms with van der Waals surface area (Å²) >= 11 is 0. The minimum absolute atomic E-state index is 0.000406. The van der Waals surface area contributed by atoms with Crippen LogP contribution in [-0.2, 0) is 27.3 Å². The summed E-state index contributed by atoms with van der Waals surface area (Å²) in [7, 11) is 0. The van der Waals surface area contributed by atoms with Gasteiger partial charge in [0.2, 0.25) is 17.7 Å². The van der Waals surface area contributed by atoms with Crippen molar-refractivity contribution in [1.29, 1.82) is 0 Å². The molecule has 0 aliphatic carbocycles. The first-order chi connectivity index (χ1) is 17.1. The first-order valence-electron chi connectivity index (χ1n) is 12.5. The first-order valence-corrected chi connectivity index (χ1v) is 12.5. The van der Waals surface area contributed by atoms with Gasteiger partial charge in [0.1, 0.15) is 0 Å². The van der Waals surface area contributed by atoms with E-state index in [1.807, 2.05) is 54.7 Å². The lowest BCUT2D eigenvalue weighted by Gasteiger charge is -2.23. The molecule has 3 N–H and O–H groups in total. The van der Waals surface area contributed by atoms with Gasteiger partial charge in [-0.1, -0.05) is 48.5 Å². The zero-order chi connectivity index (χ0) is 24.5. The van der Waals surface area contributed by atoms with E-state index in [0.29, 0.717) is 51.9 Å². The van der Waals surface area contributed by atoms with Gasteiger partial charge in [-0.25, -0.2) is 0 Å². The van der Waals surface area contributed by atoms with Gasteiger partial charge in [-0.15, -0.1) is 0 Å². The second-order valence-corrected chi connectivity index (χ2v) is 9.17. The van der Waals surface area contributed by atoms with Crippen molar-refractivity contribution in [2.75, 3.05) is 19.6 Å². The number of aromatic amines is 1. The fourth-order valence-electron chi connectivity index (χ4n) is 4.67. The van der Waals surface area contributed by atoms with Gasteiger partial charge in [0.25, 0.3) is 0 Å². The molecule has 1 atom stereocenters. The summed E-state index contributed by atoms with van der Waals surface area (Å²) in [5, 5.41) is 7.08. The van der Waals surface area contributed by atoms with Crippen LogP contribution in [-0.4, -0.2) is 47.2 Å².